The van der Waals surface area contributed by atoms with Crippen molar-refractivity contribution in [2.75, 3.05) is 5.32 Å². The number of pyridine rings is 1. The maximum absolute atomic E-state index is 12.7. The van der Waals surface area contributed by atoms with E-state index in [2.05, 4.69) is 15.6 Å². The van der Waals surface area contributed by atoms with Gasteiger partial charge < -0.3 is 10.6 Å². The van der Waals surface area contributed by atoms with E-state index in [9.17, 15) is 22.8 Å². The molecule has 0 atom stereocenters. The van der Waals surface area contributed by atoms with Gasteiger partial charge in [-0.2, -0.15) is 13.2 Å². The molecule has 0 saturated carbocycles. The molecule has 5 nitrogen and oxygen atoms in total. The van der Waals surface area contributed by atoms with Crippen molar-refractivity contribution in [3.8, 4) is 0 Å². The first-order chi connectivity index (χ1) is 12.2. The summed E-state index contributed by atoms with van der Waals surface area (Å²) in [7, 11) is 0. The Kier molecular flexibility index (Phi) is 5.97. The fourth-order valence-corrected chi connectivity index (χ4v) is 2.05. The number of aromatic nitrogens is 1. The number of anilines is 1. The van der Waals surface area contributed by atoms with Crippen molar-refractivity contribution in [3.63, 3.8) is 0 Å². The van der Waals surface area contributed by atoms with Gasteiger partial charge in [0.25, 0.3) is 5.91 Å². The summed E-state index contributed by atoms with van der Waals surface area (Å²) in [6.45, 7) is 3.39. The zero-order valence-electron chi connectivity index (χ0n) is 14.2. The maximum atomic E-state index is 12.7. The van der Waals surface area contributed by atoms with E-state index < -0.39 is 17.6 Å². The molecule has 0 fully saturated rings. The molecular formula is C18H18F3N3O2. The zero-order valence-corrected chi connectivity index (χ0v) is 14.2. The Morgan fingerprint density at radius 2 is 1.88 bits per heavy atom. The third-order valence-corrected chi connectivity index (χ3v) is 3.51. The molecule has 1 heterocycles. The van der Waals surface area contributed by atoms with Crippen molar-refractivity contribution in [1.29, 1.82) is 0 Å². The van der Waals surface area contributed by atoms with Crippen LogP contribution in [0.5, 0.6) is 0 Å². The van der Waals surface area contributed by atoms with Crippen LogP contribution in [0.2, 0.25) is 0 Å². The number of alkyl halides is 3. The second-order valence-corrected chi connectivity index (χ2v) is 5.95. The first-order valence-electron chi connectivity index (χ1n) is 7.88. The van der Waals surface area contributed by atoms with E-state index in [0.717, 1.165) is 12.1 Å². The molecule has 1 aromatic heterocycles. The summed E-state index contributed by atoms with van der Waals surface area (Å²) in [6.07, 6.45) is -3.07. The summed E-state index contributed by atoms with van der Waals surface area (Å²) in [5.74, 6) is -0.727. The molecule has 26 heavy (non-hydrogen) atoms. The van der Waals surface area contributed by atoms with E-state index in [0.29, 0.717) is 5.56 Å². The van der Waals surface area contributed by atoms with E-state index in [1.54, 1.807) is 13.8 Å². The number of nitrogens with one attached hydrogen (secondary N) is 2. The van der Waals surface area contributed by atoms with Gasteiger partial charge in [0.05, 0.1) is 5.56 Å². The van der Waals surface area contributed by atoms with Gasteiger partial charge in [-0.15, -0.1) is 0 Å². The second kappa shape index (κ2) is 7.99. The van der Waals surface area contributed by atoms with Crippen LogP contribution in [-0.2, 0) is 17.5 Å². The number of amides is 2. The molecule has 138 valence electrons. The standard InChI is InChI=1S/C18H18F3N3O2/c1-11(2)16(25)24-15-9-13(6-7-22-15)17(26)23-10-12-4-3-5-14(8-12)18(19,20)21/h3-9,11H,10H2,1-2H3,(H,23,26)(H,22,24,25). The Morgan fingerprint density at radius 1 is 1.15 bits per heavy atom. The molecule has 0 saturated heterocycles. The third-order valence-electron chi connectivity index (χ3n) is 3.51. The minimum absolute atomic E-state index is 0.0568. The van der Waals surface area contributed by atoms with Gasteiger partial charge in [0.2, 0.25) is 5.91 Å². The van der Waals surface area contributed by atoms with Crippen molar-refractivity contribution >= 4 is 17.6 Å². The normalized spacial score (nSPS) is 11.3. The fourth-order valence-electron chi connectivity index (χ4n) is 2.05. The van der Waals surface area contributed by atoms with Crippen molar-refractivity contribution in [2.45, 2.75) is 26.6 Å². The van der Waals surface area contributed by atoms with Crippen LogP contribution in [0.3, 0.4) is 0 Å². The summed E-state index contributed by atoms with van der Waals surface area (Å²) in [5, 5.41) is 5.13. The predicted molar refractivity (Wildman–Crippen MR) is 90.3 cm³/mol. The van der Waals surface area contributed by atoms with Crippen LogP contribution >= 0.6 is 0 Å². The van der Waals surface area contributed by atoms with Crippen LogP contribution in [0.4, 0.5) is 19.0 Å². The number of nitrogens with zero attached hydrogens (tertiary/aromatic N) is 1. The van der Waals surface area contributed by atoms with Gasteiger partial charge in [-0.1, -0.05) is 26.0 Å². The van der Waals surface area contributed by atoms with Crippen LogP contribution in [-0.4, -0.2) is 16.8 Å². The molecule has 2 N–H and O–H groups in total. The molecule has 0 unspecified atom stereocenters. The van der Waals surface area contributed by atoms with Gasteiger partial charge in [0, 0.05) is 24.2 Å². The van der Waals surface area contributed by atoms with Crippen LogP contribution < -0.4 is 10.6 Å². The minimum Gasteiger partial charge on any atom is -0.348 e. The molecular weight excluding hydrogens is 347 g/mol. The first-order valence-corrected chi connectivity index (χ1v) is 7.88. The number of carbonyl (C=O) groups is 2. The molecule has 1 aromatic carbocycles. The van der Waals surface area contributed by atoms with E-state index in [-0.39, 0.29) is 29.8 Å². The quantitative estimate of drug-likeness (QED) is 0.850. The van der Waals surface area contributed by atoms with Gasteiger partial charge in [0.15, 0.2) is 0 Å². The van der Waals surface area contributed by atoms with Crippen molar-refractivity contribution in [1.82, 2.24) is 10.3 Å². The van der Waals surface area contributed by atoms with Crippen molar-refractivity contribution < 1.29 is 22.8 Å². The number of halogens is 3. The molecule has 0 bridgehead atoms. The molecule has 0 aliphatic carbocycles. The fraction of sp³-hybridized carbons (Fsp3) is 0.278. The average molecular weight is 365 g/mol. The summed E-state index contributed by atoms with van der Waals surface area (Å²) >= 11 is 0. The van der Waals surface area contributed by atoms with Crippen LogP contribution in [0.25, 0.3) is 0 Å². The summed E-state index contributed by atoms with van der Waals surface area (Å²) in [5.41, 5.74) is -0.201. The van der Waals surface area contributed by atoms with E-state index in [1.165, 1.54) is 30.5 Å². The highest BCUT2D eigenvalue weighted by Crippen LogP contribution is 2.29. The van der Waals surface area contributed by atoms with E-state index >= 15 is 0 Å². The molecule has 2 aromatic rings. The van der Waals surface area contributed by atoms with Crippen molar-refractivity contribution in [3.05, 3.63) is 59.3 Å². The maximum Gasteiger partial charge on any atom is 0.416 e. The lowest BCUT2D eigenvalue weighted by atomic mass is 10.1. The lowest BCUT2D eigenvalue weighted by molar-refractivity contribution is -0.137. The topological polar surface area (TPSA) is 71.1 Å². The van der Waals surface area contributed by atoms with Gasteiger partial charge in [-0.25, -0.2) is 4.98 Å². The number of hydrogen-bond acceptors (Lipinski definition) is 3. The first kappa shape index (κ1) is 19.4. The SMILES string of the molecule is CC(C)C(=O)Nc1cc(C(=O)NCc2cccc(C(F)(F)F)c2)ccn1. The lowest BCUT2D eigenvalue weighted by Gasteiger charge is -2.10. The number of carbonyl (C=O) groups excluding carboxylic acids is 2. The number of hydrogen-bond donors (Lipinski definition) is 2. The Hall–Kier alpha value is -2.90. The summed E-state index contributed by atoms with van der Waals surface area (Å²) in [6, 6.07) is 7.60. The van der Waals surface area contributed by atoms with Gasteiger partial charge in [0.1, 0.15) is 5.82 Å². The van der Waals surface area contributed by atoms with Gasteiger partial charge in [-0.3, -0.25) is 9.59 Å². The Bertz CT molecular complexity index is 804. The molecule has 8 heteroatoms. The summed E-state index contributed by atoms with van der Waals surface area (Å²) < 4.78 is 38.1. The van der Waals surface area contributed by atoms with Crippen LogP contribution in [0.1, 0.15) is 35.3 Å². The zero-order chi connectivity index (χ0) is 19.3. The monoisotopic (exact) mass is 365 g/mol. The largest absolute Gasteiger partial charge is 0.416 e. The summed E-state index contributed by atoms with van der Waals surface area (Å²) in [4.78, 5) is 27.8. The highest BCUT2D eigenvalue weighted by molar-refractivity contribution is 5.96. The molecule has 0 radical (unpaired) electrons. The molecule has 2 amide bonds. The lowest BCUT2D eigenvalue weighted by Crippen LogP contribution is -2.24. The average Bonchev–Trinajstić information content (AvgIpc) is 2.59. The molecule has 0 aliphatic heterocycles. The predicted octanol–water partition coefficient (Wildman–Crippen LogP) is 3.62. The van der Waals surface area contributed by atoms with E-state index in [4.69, 9.17) is 0 Å². The van der Waals surface area contributed by atoms with Crippen LogP contribution in [0.15, 0.2) is 42.6 Å². The highest BCUT2D eigenvalue weighted by atomic mass is 19.4. The van der Waals surface area contributed by atoms with Crippen molar-refractivity contribution in [2.24, 2.45) is 5.92 Å². The Labute approximate surface area is 148 Å². The van der Waals surface area contributed by atoms with Crippen LogP contribution in [0, 0.1) is 5.92 Å². The van der Waals surface area contributed by atoms with Gasteiger partial charge >= 0.3 is 6.18 Å². The molecule has 0 spiro atoms. The smallest absolute Gasteiger partial charge is 0.348 e. The minimum atomic E-state index is -4.44. The van der Waals surface area contributed by atoms with Gasteiger partial charge in [-0.05, 0) is 29.8 Å². The molecule has 2 rings (SSSR count). The highest BCUT2D eigenvalue weighted by Gasteiger charge is 2.30. The van der Waals surface area contributed by atoms with E-state index in [1.807, 2.05) is 0 Å². The molecule has 0 aliphatic rings. The number of rotatable bonds is 5. The number of benzene rings is 1. The third kappa shape index (κ3) is 5.30. The Morgan fingerprint density at radius 3 is 2.54 bits per heavy atom. The Balaban J connectivity index is 2.03. The second-order valence-electron chi connectivity index (χ2n) is 5.95.